The van der Waals surface area contributed by atoms with Crippen LogP contribution in [0.3, 0.4) is 0 Å². The average Bonchev–Trinajstić information content (AvgIpc) is 3.01. The SMILES string of the molecule is COC1(C)CC(N(C)C(=O)NCc2cn3c(C)cccc3n2)C1(C)C. The number of rotatable bonds is 4. The number of nitrogens with one attached hydrogen (secondary N) is 1. The van der Waals surface area contributed by atoms with E-state index in [1.165, 1.54) is 0 Å². The maximum Gasteiger partial charge on any atom is 0.317 e. The first-order chi connectivity index (χ1) is 11.7. The van der Waals surface area contributed by atoms with Crippen molar-refractivity contribution in [3.8, 4) is 0 Å². The summed E-state index contributed by atoms with van der Waals surface area (Å²) in [7, 11) is 3.59. The van der Waals surface area contributed by atoms with Crippen LogP contribution < -0.4 is 5.32 Å². The molecule has 136 valence electrons. The van der Waals surface area contributed by atoms with Gasteiger partial charge in [-0.05, 0) is 32.4 Å². The number of aromatic nitrogens is 2. The molecule has 2 aromatic heterocycles. The Balaban J connectivity index is 1.63. The number of carbonyl (C=O) groups is 1. The van der Waals surface area contributed by atoms with Crippen molar-refractivity contribution < 1.29 is 9.53 Å². The highest BCUT2D eigenvalue weighted by Gasteiger charge is 2.59. The Labute approximate surface area is 149 Å². The molecular weight excluding hydrogens is 316 g/mol. The van der Waals surface area contributed by atoms with Crippen LogP contribution in [0.2, 0.25) is 0 Å². The zero-order chi connectivity index (χ0) is 18.4. The number of aryl methyl sites for hydroxylation is 1. The molecule has 2 aromatic rings. The first kappa shape index (κ1) is 17.7. The molecule has 2 unspecified atom stereocenters. The third-order valence-corrected chi connectivity index (χ3v) is 6.18. The average molecular weight is 344 g/mol. The van der Waals surface area contributed by atoms with E-state index in [9.17, 15) is 4.79 Å². The number of hydrogen-bond acceptors (Lipinski definition) is 3. The number of amides is 2. The minimum absolute atomic E-state index is 0.0787. The molecule has 2 amide bonds. The van der Waals surface area contributed by atoms with Crippen molar-refractivity contribution in [2.75, 3.05) is 14.2 Å². The van der Waals surface area contributed by atoms with Gasteiger partial charge in [0.25, 0.3) is 0 Å². The number of pyridine rings is 1. The van der Waals surface area contributed by atoms with E-state index in [4.69, 9.17) is 4.74 Å². The fourth-order valence-corrected chi connectivity index (χ4v) is 3.79. The van der Waals surface area contributed by atoms with Crippen LogP contribution in [0.1, 0.15) is 38.6 Å². The van der Waals surface area contributed by atoms with Crippen molar-refractivity contribution in [1.82, 2.24) is 19.6 Å². The first-order valence-corrected chi connectivity index (χ1v) is 8.69. The Hall–Kier alpha value is -2.08. The molecule has 1 saturated carbocycles. The van der Waals surface area contributed by atoms with E-state index >= 15 is 0 Å². The first-order valence-electron chi connectivity index (χ1n) is 8.69. The molecule has 0 saturated heterocycles. The molecule has 0 aromatic carbocycles. The molecule has 1 aliphatic rings. The smallest absolute Gasteiger partial charge is 0.317 e. The lowest BCUT2D eigenvalue weighted by molar-refractivity contribution is -0.198. The third kappa shape index (κ3) is 2.78. The van der Waals surface area contributed by atoms with E-state index in [-0.39, 0.29) is 23.1 Å². The summed E-state index contributed by atoms with van der Waals surface area (Å²) in [6, 6.07) is 6.06. The molecule has 3 rings (SSSR count). The van der Waals surface area contributed by atoms with E-state index in [1.807, 2.05) is 42.8 Å². The van der Waals surface area contributed by atoms with Gasteiger partial charge in [0.15, 0.2) is 0 Å². The van der Waals surface area contributed by atoms with Gasteiger partial charge < -0.3 is 19.4 Å². The number of hydrogen-bond donors (Lipinski definition) is 1. The molecule has 2 atom stereocenters. The number of methoxy groups -OCH3 is 1. The molecule has 25 heavy (non-hydrogen) atoms. The second kappa shape index (κ2) is 6.02. The number of fused-ring (bicyclic) bond motifs is 1. The van der Waals surface area contributed by atoms with Crippen LogP contribution in [0.5, 0.6) is 0 Å². The summed E-state index contributed by atoms with van der Waals surface area (Å²) in [6.07, 6.45) is 2.81. The molecule has 0 spiro atoms. The van der Waals surface area contributed by atoms with E-state index in [2.05, 4.69) is 31.1 Å². The van der Waals surface area contributed by atoms with Crippen molar-refractivity contribution in [3.63, 3.8) is 0 Å². The van der Waals surface area contributed by atoms with Crippen LogP contribution in [-0.4, -0.2) is 46.1 Å². The summed E-state index contributed by atoms with van der Waals surface area (Å²) in [4.78, 5) is 18.9. The second-order valence-corrected chi connectivity index (χ2v) is 7.77. The van der Waals surface area contributed by atoms with Crippen molar-refractivity contribution in [1.29, 1.82) is 0 Å². The Morgan fingerprint density at radius 2 is 2.16 bits per heavy atom. The van der Waals surface area contributed by atoms with Crippen LogP contribution in [0.4, 0.5) is 4.79 Å². The zero-order valence-corrected chi connectivity index (χ0v) is 16.0. The molecule has 6 heteroatoms. The monoisotopic (exact) mass is 344 g/mol. The van der Waals surface area contributed by atoms with E-state index in [0.717, 1.165) is 23.5 Å². The molecule has 1 aliphatic carbocycles. The number of carbonyl (C=O) groups excluding carboxylic acids is 1. The van der Waals surface area contributed by atoms with Gasteiger partial charge in [-0.2, -0.15) is 0 Å². The van der Waals surface area contributed by atoms with Crippen LogP contribution in [0.15, 0.2) is 24.4 Å². The normalized spacial score (nSPS) is 24.8. The van der Waals surface area contributed by atoms with Crippen molar-refractivity contribution >= 4 is 11.7 Å². The molecule has 1 fully saturated rings. The predicted octanol–water partition coefficient (Wildman–Crippen LogP) is 2.99. The van der Waals surface area contributed by atoms with Gasteiger partial charge in [-0.3, -0.25) is 0 Å². The Morgan fingerprint density at radius 1 is 1.44 bits per heavy atom. The van der Waals surface area contributed by atoms with E-state index in [1.54, 1.807) is 12.0 Å². The quantitative estimate of drug-likeness (QED) is 0.927. The van der Waals surface area contributed by atoms with Gasteiger partial charge in [0.1, 0.15) is 5.65 Å². The summed E-state index contributed by atoms with van der Waals surface area (Å²) >= 11 is 0. The van der Waals surface area contributed by atoms with Gasteiger partial charge in [0.05, 0.1) is 17.8 Å². The van der Waals surface area contributed by atoms with Gasteiger partial charge in [-0.15, -0.1) is 0 Å². The maximum absolute atomic E-state index is 12.6. The highest BCUT2D eigenvalue weighted by atomic mass is 16.5. The highest BCUT2D eigenvalue weighted by Crippen LogP contribution is 2.53. The Kier molecular flexibility index (Phi) is 4.27. The van der Waals surface area contributed by atoms with Gasteiger partial charge >= 0.3 is 6.03 Å². The summed E-state index contributed by atoms with van der Waals surface area (Å²) in [5, 5.41) is 2.98. The van der Waals surface area contributed by atoms with Crippen molar-refractivity contribution in [2.24, 2.45) is 5.41 Å². The molecule has 2 heterocycles. The molecule has 6 nitrogen and oxygen atoms in total. The molecule has 0 bridgehead atoms. The number of urea groups is 1. The van der Waals surface area contributed by atoms with Crippen LogP contribution >= 0.6 is 0 Å². The maximum atomic E-state index is 12.6. The van der Waals surface area contributed by atoms with E-state index in [0.29, 0.717) is 6.54 Å². The lowest BCUT2D eigenvalue weighted by atomic mass is 9.55. The highest BCUT2D eigenvalue weighted by molar-refractivity contribution is 5.74. The third-order valence-electron chi connectivity index (χ3n) is 6.18. The molecule has 0 radical (unpaired) electrons. The van der Waals surface area contributed by atoms with Gasteiger partial charge in [-0.25, -0.2) is 9.78 Å². The van der Waals surface area contributed by atoms with E-state index < -0.39 is 0 Å². The number of imidazole rings is 1. The predicted molar refractivity (Wildman–Crippen MR) is 97.5 cm³/mol. The minimum atomic E-state index is -0.189. The standard InChI is InChI=1S/C19H28N4O2/c1-13-8-7-9-16-21-14(12-23(13)16)11-20-17(24)22(5)15-10-19(4,25-6)18(15,2)3/h7-9,12,15H,10-11H2,1-6H3,(H,20,24). The number of nitrogens with zero attached hydrogens (tertiary/aromatic N) is 3. The fourth-order valence-electron chi connectivity index (χ4n) is 3.79. The van der Waals surface area contributed by atoms with Crippen LogP contribution in [-0.2, 0) is 11.3 Å². The summed E-state index contributed by atoms with van der Waals surface area (Å²) < 4.78 is 7.68. The van der Waals surface area contributed by atoms with Gasteiger partial charge in [0, 0.05) is 37.5 Å². The topological polar surface area (TPSA) is 58.9 Å². The molecule has 1 N–H and O–H groups in total. The number of ether oxygens (including phenoxy) is 1. The van der Waals surface area contributed by atoms with Gasteiger partial charge in [0.2, 0.25) is 0 Å². The second-order valence-electron chi connectivity index (χ2n) is 7.77. The van der Waals surface area contributed by atoms with Gasteiger partial charge in [-0.1, -0.05) is 19.9 Å². The largest absolute Gasteiger partial charge is 0.378 e. The fraction of sp³-hybridized carbons (Fsp3) is 0.579. The zero-order valence-electron chi connectivity index (χ0n) is 16.0. The lowest BCUT2D eigenvalue weighted by Crippen LogP contribution is -2.69. The van der Waals surface area contributed by atoms with Crippen molar-refractivity contribution in [3.05, 3.63) is 35.8 Å². The minimum Gasteiger partial charge on any atom is -0.378 e. The van der Waals surface area contributed by atoms with Crippen molar-refractivity contribution in [2.45, 2.75) is 52.3 Å². The lowest BCUT2D eigenvalue weighted by Gasteiger charge is -2.61. The summed E-state index contributed by atoms with van der Waals surface area (Å²) in [5.74, 6) is 0. The molecule has 0 aliphatic heterocycles. The Bertz CT molecular complexity index is 798. The molecular formula is C19H28N4O2. The summed E-state index contributed by atoms with van der Waals surface area (Å²) in [6.45, 7) is 8.86. The van der Waals surface area contributed by atoms with Crippen LogP contribution in [0, 0.1) is 12.3 Å². The Morgan fingerprint density at radius 3 is 2.76 bits per heavy atom. The summed E-state index contributed by atoms with van der Waals surface area (Å²) in [5.41, 5.74) is 2.59. The van der Waals surface area contributed by atoms with Crippen LogP contribution in [0.25, 0.3) is 5.65 Å².